The standard InChI is InChI=1S/C23H27N7O2/c1-2-32-20(31)14-29-13-16(11-27-29)23-28-19-12-26-22-18(8-10-25-22)21(19)30(23)17-5-3-15(4-6-17)7-9-24/h8,10-13,15,17,20,31H,2-7,14H2,1H3,(H,25,26)/t15-,17-,20?. The van der Waals surface area contributed by atoms with Crippen LogP contribution in [0, 0.1) is 17.2 Å². The Kier molecular flexibility index (Phi) is 5.64. The highest BCUT2D eigenvalue weighted by molar-refractivity contribution is 6.02. The van der Waals surface area contributed by atoms with Crippen molar-refractivity contribution >= 4 is 22.1 Å². The van der Waals surface area contributed by atoms with Crippen molar-refractivity contribution in [2.75, 3.05) is 6.61 Å². The summed E-state index contributed by atoms with van der Waals surface area (Å²) in [5, 5.41) is 24.5. The minimum atomic E-state index is -0.898. The number of nitriles is 1. The number of ether oxygens (including phenoxy) is 1. The molecule has 4 aromatic rings. The molecule has 4 heterocycles. The van der Waals surface area contributed by atoms with Crippen molar-refractivity contribution in [3.8, 4) is 17.5 Å². The van der Waals surface area contributed by atoms with E-state index in [1.165, 1.54) is 0 Å². The number of hydrogen-bond acceptors (Lipinski definition) is 6. The number of aliphatic hydroxyl groups excluding tert-OH is 1. The highest BCUT2D eigenvalue weighted by atomic mass is 16.6. The summed E-state index contributed by atoms with van der Waals surface area (Å²) < 4.78 is 9.27. The summed E-state index contributed by atoms with van der Waals surface area (Å²) in [6.07, 6.45) is 11.3. The number of nitrogens with zero attached hydrogens (tertiary/aromatic N) is 6. The zero-order valence-corrected chi connectivity index (χ0v) is 18.1. The van der Waals surface area contributed by atoms with E-state index in [0.717, 1.165) is 59.1 Å². The maximum atomic E-state index is 9.98. The SMILES string of the molecule is CCOC(O)Cn1cc(-c2nc3cnc4[nH]ccc4c3n2[C@H]2CC[C@H](CC#N)CC2)cn1. The van der Waals surface area contributed by atoms with Gasteiger partial charge in [0.25, 0.3) is 0 Å². The topological polar surface area (TPSA) is 118 Å². The normalized spacial score (nSPS) is 20.0. The molecule has 0 amide bonds. The second-order valence-corrected chi connectivity index (χ2v) is 8.44. The molecule has 0 aliphatic heterocycles. The van der Waals surface area contributed by atoms with E-state index in [-0.39, 0.29) is 6.54 Å². The molecule has 0 spiro atoms. The number of nitrogens with one attached hydrogen (secondary N) is 1. The van der Waals surface area contributed by atoms with Gasteiger partial charge in [-0.2, -0.15) is 10.4 Å². The molecule has 9 nitrogen and oxygen atoms in total. The number of fused-ring (bicyclic) bond motifs is 3. The van der Waals surface area contributed by atoms with Crippen molar-refractivity contribution < 1.29 is 9.84 Å². The zero-order chi connectivity index (χ0) is 22.1. The molecule has 0 aromatic carbocycles. The molecule has 1 unspecified atom stereocenters. The Labute approximate surface area is 185 Å². The van der Waals surface area contributed by atoms with E-state index in [1.807, 2.05) is 25.5 Å². The van der Waals surface area contributed by atoms with Gasteiger partial charge in [0.1, 0.15) is 17.0 Å². The van der Waals surface area contributed by atoms with Crippen LogP contribution in [0.3, 0.4) is 0 Å². The first kappa shape index (κ1) is 20.7. The second kappa shape index (κ2) is 8.73. The Morgan fingerprint density at radius 3 is 2.94 bits per heavy atom. The molecule has 1 aliphatic carbocycles. The molecule has 1 atom stereocenters. The van der Waals surface area contributed by atoms with Crippen molar-refractivity contribution in [2.45, 2.75) is 57.9 Å². The van der Waals surface area contributed by atoms with Gasteiger partial charge in [-0.25, -0.2) is 9.97 Å². The lowest BCUT2D eigenvalue weighted by Gasteiger charge is -2.29. The number of pyridine rings is 1. The molecule has 4 aromatic heterocycles. The van der Waals surface area contributed by atoms with Crippen LogP contribution in [0.4, 0.5) is 0 Å². The lowest BCUT2D eigenvalue weighted by atomic mass is 9.84. The number of aromatic amines is 1. The number of hydrogen-bond donors (Lipinski definition) is 2. The third kappa shape index (κ3) is 3.76. The van der Waals surface area contributed by atoms with E-state index < -0.39 is 6.29 Å². The van der Waals surface area contributed by atoms with Crippen molar-refractivity contribution in [3.63, 3.8) is 0 Å². The first-order valence-corrected chi connectivity index (χ1v) is 11.2. The summed E-state index contributed by atoms with van der Waals surface area (Å²) in [7, 11) is 0. The summed E-state index contributed by atoms with van der Waals surface area (Å²) in [5.74, 6) is 1.34. The first-order valence-electron chi connectivity index (χ1n) is 11.2. The summed E-state index contributed by atoms with van der Waals surface area (Å²) in [5.41, 5.74) is 3.68. The number of aliphatic hydroxyl groups is 1. The van der Waals surface area contributed by atoms with Crippen LogP contribution in [0.15, 0.2) is 30.9 Å². The predicted octanol–water partition coefficient (Wildman–Crippen LogP) is 3.78. The van der Waals surface area contributed by atoms with Gasteiger partial charge in [0.2, 0.25) is 0 Å². The zero-order valence-electron chi connectivity index (χ0n) is 18.1. The number of aromatic nitrogens is 6. The first-order chi connectivity index (χ1) is 15.7. The quantitative estimate of drug-likeness (QED) is 0.428. The summed E-state index contributed by atoms with van der Waals surface area (Å²) in [6.45, 7) is 2.55. The lowest BCUT2D eigenvalue weighted by molar-refractivity contribution is -0.105. The van der Waals surface area contributed by atoms with Gasteiger partial charge in [-0.3, -0.25) is 4.68 Å². The van der Waals surface area contributed by atoms with Gasteiger partial charge >= 0.3 is 0 Å². The maximum absolute atomic E-state index is 9.98. The average molecular weight is 434 g/mol. The molecular weight excluding hydrogens is 406 g/mol. The van der Waals surface area contributed by atoms with Crippen LogP contribution in [0.1, 0.15) is 45.1 Å². The molecule has 2 N–H and O–H groups in total. The molecular formula is C23H27N7O2. The largest absolute Gasteiger partial charge is 0.366 e. The smallest absolute Gasteiger partial charge is 0.174 e. The van der Waals surface area contributed by atoms with Gasteiger partial charge in [0, 0.05) is 36.8 Å². The minimum Gasteiger partial charge on any atom is -0.366 e. The van der Waals surface area contributed by atoms with Crippen molar-refractivity contribution in [3.05, 3.63) is 30.9 Å². The summed E-state index contributed by atoms with van der Waals surface area (Å²) >= 11 is 0. The van der Waals surface area contributed by atoms with Gasteiger partial charge in [0.15, 0.2) is 6.29 Å². The Balaban J connectivity index is 1.56. The van der Waals surface area contributed by atoms with Crippen LogP contribution >= 0.6 is 0 Å². The maximum Gasteiger partial charge on any atom is 0.174 e. The number of H-pyrrole nitrogens is 1. The molecule has 166 valence electrons. The van der Waals surface area contributed by atoms with Gasteiger partial charge in [-0.05, 0) is 44.6 Å². The third-order valence-electron chi connectivity index (χ3n) is 6.39. The highest BCUT2D eigenvalue weighted by Crippen LogP contribution is 2.40. The Morgan fingerprint density at radius 2 is 2.16 bits per heavy atom. The van der Waals surface area contributed by atoms with Gasteiger partial charge in [0.05, 0.1) is 36.1 Å². The van der Waals surface area contributed by atoms with E-state index >= 15 is 0 Å². The van der Waals surface area contributed by atoms with Gasteiger partial charge < -0.3 is 19.4 Å². The molecule has 1 aliphatic rings. The highest BCUT2D eigenvalue weighted by Gasteiger charge is 2.28. The number of rotatable bonds is 7. The van der Waals surface area contributed by atoms with Gasteiger partial charge in [-0.15, -0.1) is 0 Å². The molecule has 0 bridgehead atoms. The van der Waals surface area contributed by atoms with Crippen LogP contribution < -0.4 is 0 Å². The molecule has 1 fully saturated rings. The van der Waals surface area contributed by atoms with Crippen LogP contribution in [-0.2, 0) is 11.3 Å². The van der Waals surface area contributed by atoms with Crippen LogP contribution in [0.25, 0.3) is 33.5 Å². The Bertz CT molecular complexity index is 1260. The predicted molar refractivity (Wildman–Crippen MR) is 119 cm³/mol. The molecule has 0 saturated heterocycles. The van der Waals surface area contributed by atoms with E-state index in [1.54, 1.807) is 10.9 Å². The Morgan fingerprint density at radius 1 is 1.31 bits per heavy atom. The molecule has 1 saturated carbocycles. The van der Waals surface area contributed by atoms with E-state index in [9.17, 15) is 5.11 Å². The van der Waals surface area contributed by atoms with Crippen LogP contribution in [0.5, 0.6) is 0 Å². The van der Waals surface area contributed by atoms with Crippen molar-refractivity contribution in [1.82, 2.24) is 29.3 Å². The average Bonchev–Trinajstić information content (AvgIpc) is 3.52. The fraction of sp³-hybridized carbons (Fsp3) is 0.478. The van der Waals surface area contributed by atoms with E-state index in [0.29, 0.717) is 25.0 Å². The monoisotopic (exact) mass is 433 g/mol. The Hall–Kier alpha value is -3.22. The lowest BCUT2D eigenvalue weighted by Crippen LogP contribution is -2.19. The fourth-order valence-electron chi connectivity index (χ4n) is 4.87. The van der Waals surface area contributed by atoms with E-state index in [4.69, 9.17) is 15.0 Å². The van der Waals surface area contributed by atoms with Gasteiger partial charge in [-0.1, -0.05) is 0 Å². The van der Waals surface area contributed by atoms with Crippen LogP contribution in [-0.4, -0.2) is 47.3 Å². The second-order valence-electron chi connectivity index (χ2n) is 8.44. The third-order valence-corrected chi connectivity index (χ3v) is 6.39. The summed E-state index contributed by atoms with van der Waals surface area (Å²) in [6, 6.07) is 4.67. The van der Waals surface area contributed by atoms with Crippen molar-refractivity contribution in [2.24, 2.45) is 5.92 Å². The molecule has 9 heteroatoms. The van der Waals surface area contributed by atoms with Crippen molar-refractivity contribution in [1.29, 1.82) is 5.26 Å². The fourth-order valence-corrected chi connectivity index (χ4v) is 4.87. The molecule has 5 rings (SSSR count). The minimum absolute atomic E-state index is 0.261. The van der Waals surface area contributed by atoms with E-state index in [2.05, 4.69) is 31.8 Å². The number of imidazole rings is 1. The molecule has 0 radical (unpaired) electrons. The summed E-state index contributed by atoms with van der Waals surface area (Å²) in [4.78, 5) is 12.7. The van der Waals surface area contributed by atoms with Crippen LogP contribution in [0.2, 0.25) is 0 Å². The molecule has 32 heavy (non-hydrogen) atoms.